The SMILES string of the molecule is CCCNc1ccc(C(=O)Nc2ccc(C)cc2Br)cc1. The summed E-state index contributed by atoms with van der Waals surface area (Å²) in [4.78, 5) is 12.2. The summed E-state index contributed by atoms with van der Waals surface area (Å²) in [5.74, 6) is -0.110. The Balaban J connectivity index is 2.06. The molecule has 0 fully saturated rings. The van der Waals surface area contributed by atoms with Crippen molar-refractivity contribution in [2.45, 2.75) is 20.3 Å². The van der Waals surface area contributed by atoms with Crippen LogP contribution < -0.4 is 10.6 Å². The van der Waals surface area contributed by atoms with Gasteiger partial charge in [-0.1, -0.05) is 13.0 Å². The number of hydrogen-bond acceptors (Lipinski definition) is 2. The molecule has 0 aromatic heterocycles. The van der Waals surface area contributed by atoms with Crippen LogP contribution in [0.1, 0.15) is 29.3 Å². The normalized spacial score (nSPS) is 10.2. The highest BCUT2D eigenvalue weighted by Gasteiger charge is 2.08. The van der Waals surface area contributed by atoms with E-state index in [1.165, 1.54) is 0 Å². The Kier molecular flexibility index (Phi) is 5.39. The zero-order chi connectivity index (χ0) is 15.2. The van der Waals surface area contributed by atoms with E-state index in [9.17, 15) is 4.79 Å². The second kappa shape index (κ2) is 7.27. The number of anilines is 2. The lowest BCUT2D eigenvalue weighted by Crippen LogP contribution is -2.12. The van der Waals surface area contributed by atoms with Gasteiger partial charge in [0.25, 0.3) is 5.91 Å². The summed E-state index contributed by atoms with van der Waals surface area (Å²) >= 11 is 3.46. The summed E-state index contributed by atoms with van der Waals surface area (Å²) in [6, 6.07) is 13.4. The topological polar surface area (TPSA) is 41.1 Å². The molecule has 0 aliphatic heterocycles. The van der Waals surface area contributed by atoms with Gasteiger partial charge in [0.15, 0.2) is 0 Å². The molecular formula is C17H19BrN2O. The number of hydrogen-bond donors (Lipinski definition) is 2. The molecule has 2 aromatic rings. The summed E-state index contributed by atoms with van der Waals surface area (Å²) in [5, 5.41) is 6.20. The van der Waals surface area contributed by atoms with E-state index in [0.717, 1.165) is 34.4 Å². The fourth-order valence-electron chi connectivity index (χ4n) is 1.92. The highest BCUT2D eigenvalue weighted by atomic mass is 79.9. The third-order valence-corrected chi connectivity index (χ3v) is 3.76. The summed E-state index contributed by atoms with van der Waals surface area (Å²) in [6.45, 7) is 5.06. The zero-order valence-corrected chi connectivity index (χ0v) is 13.8. The Hall–Kier alpha value is -1.81. The number of amides is 1. The van der Waals surface area contributed by atoms with E-state index in [1.807, 2.05) is 49.4 Å². The van der Waals surface area contributed by atoms with Crippen LogP contribution in [0.5, 0.6) is 0 Å². The van der Waals surface area contributed by atoms with Gasteiger partial charge in [-0.2, -0.15) is 0 Å². The molecule has 0 spiro atoms. The van der Waals surface area contributed by atoms with Crippen LogP contribution in [0.4, 0.5) is 11.4 Å². The molecule has 110 valence electrons. The van der Waals surface area contributed by atoms with Crippen molar-refractivity contribution >= 4 is 33.2 Å². The lowest BCUT2D eigenvalue weighted by atomic mass is 10.1. The highest BCUT2D eigenvalue weighted by molar-refractivity contribution is 9.10. The second-order valence-corrected chi connectivity index (χ2v) is 5.80. The smallest absolute Gasteiger partial charge is 0.255 e. The average molecular weight is 347 g/mol. The van der Waals surface area contributed by atoms with Crippen LogP contribution in [0.25, 0.3) is 0 Å². The van der Waals surface area contributed by atoms with E-state index in [1.54, 1.807) is 0 Å². The van der Waals surface area contributed by atoms with Crippen LogP contribution >= 0.6 is 15.9 Å². The maximum Gasteiger partial charge on any atom is 0.255 e. The Bertz CT molecular complexity index is 623. The van der Waals surface area contributed by atoms with Gasteiger partial charge in [-0.25, -0.2) is 0 Å². The lowest BCUT2D eigenvalue weighted by Gasteiger charge is -2.09. The molecule has 4 heteroatoms. The van der Waals surface area contributed by atoms with Crippen molar-refractivity contribution in [1.29, 1.82) is 0 Å². The minimum absolute atomic E-state index is 0.110. The number of carbonyl (C=O) groups is 1. The van der Waals surface area contributed by atoms with Crippen molar-refractivity contribution in [3.8, 4) is 0 Å². The van der Waals surface area contributed by atoms with Crippen LogP contribution in [0.3, 0.4) is 0 Å². The molecule has 0 aliphatic rings. The van der Waals surface area contributed by atoms with E-state index < -0.39 is 0 Å². The van der Waals surface area contributed by atoms with Gasteiger partial charge in [0.2, 0.25) is 0 Å². The van der Waals surface area contributed by atoms with Gasteiger partial charge in [-0.3, -0.25) is 4.79 Å². The van der Waals surface area contributed by atoms with Gasteiger partial charge < -0.3 is 10.6 Å². The minimum Gasteiger partial charge on any atom is -0.385 e. The summed E-state index contributed by atoms with van der Waals surface area (Å²) < 4.78 is 0.886. The van der Waals surface area contributed by atoms with Crippen molar-refractivity contribution in [1.82, 2.24) is 0 Å². The number of benzene rings is 2. The molecule has 0 bridgehead atoms. The van der Waals surface area contributed by atoms with Crippen LogP contribution in [-0.4, -0.2) is 12.5 Å². The first-order valence-electron chi connectivity index (χ1n) is 7.01. The molecule has 0 saturated carbocycles. The number of halogens is 1. The fourth-order valence-corrected chi connectivity index (χ4v) is 2.52. The number of aryl methyl sites for hydroxylation is 1. The third kappa shape index (κ3) is 4.33. The molecule has 0 radical (unpaired) electrons. The predicted octanol–water partition coefficient (Wildman–Crippen LogP) is 4.83. The number of carbonyl (C=O) groups excluding carboxylic acids is 1. The Morgan fingerprint density at radius 1 is 1.14 bits per heavy atom. The summed E-state index contributed by atoms with van der Waals surface area (Å²) in [7, 11) is 0. The standard InChI is InChI=1S/C17H19BrN2O/c1-3-10-19-14-7-5-13(6-8-14)17(21)20-16-9-4-12(2)11-15(16)18/h4-9,11,19H,3,10H2,1-2H3,(H,20,21). The number of rotatable bonds is 5. The van der Waals surface area contributed by atoms with Crippen molar-refractivity contribution in [2.24, 2.45) is 0 Å². The second-order valence-electron chi connectivity index (χ2n) is 4.94. The van der Waals surface area contributed by atoms with E-state index in [2.05, 4.69) is 33.5 Å². The van der Waals surface area contributed by atoms with E-state index in [0.29, 0.717) is 5.56 Å². The summed E-state index contributed by atoms with van der Waals surface area (Å²) in [6.07, 6.45) is 1.07. The van der Waals surface area contributed by atoms with Gasteiger partial charge in [0.1, 0.15) is 0 Å². The molecule has 2 aromatic carbocycles. The first-order chi connectivity index (χ1) is 10.1. The van der Waals surface area contributed by atoms with E-state index >= 15 is 0 Å². The fraction of sp³-hybridized carbons (Fsp3) is 0.235. The van der Waals surface area contributed by atoms with Gasteiger partial charge in [0.05, 0.1) is 5.69 Å². The molecule has 21 heavy (non-hydrogen) atoms. The third-order valence-electron chi connectivity index (χ3n) is 3.10. The monoisotopic (exact) mass is 346 g/mol. The minimum atomic E-state index is -0.110. The van der Waals surface area contributed by atoms with Crippen molar-refractivity contribution < 1.29 is 4.79 Å². The maximum atomic E-state index is 12.2. The molecule has 2 N–H and O–H groups in total. The quantitative estimate of drug-likeness (QED) is 0.813. The van der Waals surface area contributed by atoms with Gasteiger partial charge in [-0.15, -0.1) is 0 Å². The molecule has 0 atom stereocenters. The molecule has 1 amide bonds. The Labute approximate surface area is 133 Å². The van der Waals surface area contributed by atoms with Crippen molar-refractivity contribution in [2.75, 3.05) is 17.2 Å². The van der Waals surface area contributed by atoms with Crippen LogP contribution in [-0.2, 0) is 0 Å². The van der Waals surface area contributed by atoms with E-state index in [4.69, 9.17) is 0 Å². The summed E-state index contributed by atoms with van der Waals surface area (Å²) in [5.41, 5.74) is 3.60. The molecule has 0 saturated heterocycles. The van der Waals surface area contributed by atoms with Gasteiger partial charge in [0, 0.05) is 22.3 Å². The van der Waals surface area contributed by atoms with Gasteiger partial charge in [-0.05, 0) is 71.2 Å². The van der Waals surface area contributed by atoms with Gasteiger partial charge >= 0.3 is 0 Å². The lowest BCUT2D eigenvalue weighted by molar-refractivity contribution is 0.102. The Morgan fingerprint density at radius 3 is 2.48 bits per heavy atom. The largest absolute Gasteiger partial charge is 0.385 e. The maximum absolute atomic E-state index is 12.2. The van der Waals surface area contributed by atoms with Crippen molar-refractivity contribution in [3.05, 3.63) is 58.1 Å². The van der Waals surface area contributed by atoms with Crippen LogP contribution in [0, 0.1) is 6.92 Å². The molecule has 0 heterocycles. The first-order valence-corrected chi connectivity index (χ1v) is 7.81. The molecule has 0 aliphatic carbocycles. The van der Waals surface area contributed by atoms with Crippen molar-refractivity contribution in [3.63, 3.8) is 0 Å². The molecular weight excluding hydrogens is 328 g/mol. The molecule has 2 rings (SSSR count). The predicted molar refractivity (Wildman–Crippen MR) is 92.1 cm³/mol. The number of nitrogens with one attached hydrogen (secondary N) is 2. The van der Waals surface area contributed by atoms with Crippen LogP contribution in [0.2, 0.25) is 0 Å². The first kappa shape index (κ1) is 15.6. The molecule has 0 unspecified atom stereocenters. The van der Waals surface area contributed by atoms with Crippen LogP contribution in [0.15, 0.2) is 46.9 Å². The Morgan fingerprint density at radius 2 is 1.86 bits per heavy atom. The average Bonchev–Trinajstić information content (AvgIpc) is 2.48. The van der Waals surface area contributed by atoms with E-state index in [-0.39, 0.29) is 5.91 Å². The zero-order valence-electron chi connectivity index (χ0n) is 12.2. The molecule has 3 nitrogen and oxygen atoms in total. The highest BCUT2D eigenvalue weighted by Crippen LogP contribution is 2.24.